The SMILES string of the molecule is C[C](C(N)=O)C(=O)Nc1ccccc1. The first-order valence-corrected chi connectivity index (χ1v) is 4.11. The Morgan fingerprint density at radius 2 is 1.79 bits per heavy atom. The van der Waals surface area contributed by atoms with Gasteiger partial charge in [0.25, 0.3) is 0 Å². The summed E-state index contributed by atoms with van der Waals surface area (Å²) in [5.41, 5.74) is 5.59. The summed E-state index contributed by atoms with van der Waals surface area (Å²) in [4.78, 5) is 22.0. The van der Waals surface area contributed by atoms with E-state index >= 15 is 0 Å². The monoisotopic (exact) mass is 191 g/mol. The molecule has 0 aliphatic rings. The van der Waals surface area contributed by atoms with E-state index in [0.717, 1.165) is 0 Å². The van der Waals surface area contributed by atoms with E-state index in [4.69, 9.17) is 5.73 Å². The number of carbonyl (C=O) groups excluding carboxylic acids is 2. The summed E-state index contributed by atoms with van der Waals surface area (Å²) in [7, 11) is 0. The van der Waals surface area contributed by atoms with E-state index < -0.39 is 11.8 Å². The summed E-state index contributed by atoms with van der Waals surface area (Å²) in [6.07, 6.45) is 0. The number of hydrogen-bond donors (Lipinski definition) is 2. The predicted molar refractivity (Wildman–Crippen MR) is 53.2 cm³/mol. The van der Waals surface area contributed by atoms with Gasteiger partial charge < -0.3 is 11.1 Å². The van der Waals surface area contributed by atoms with Crippen LogP contribution < -0.4 is 11.1 Å². The number of benzene rings is 1. The number of rotatable bonds is 3. The molecule has 2 amide bonds. The summed E-state index contributed by atoms with van der Waals surface area (Å²) < 4.78 is 0. The summed E-state index contributed by atoms with van der Waals surface area (Å²) in [6.45, 7) is 1.39. The van der Waals surface area contributed by atoms with Gasteiger partial charge in [-0.2, -0.15) is 0 Å². The number of primary amides is 1. The summed E-state index contributed by atoms with van der Waals surface area (Å²) in [5, 5.41) is 2.55. The van der Waals surface area contributed by atoms with Crippen LogP contribution in [0, 0.1) is 5.92 Å². The van der Waals surface area contributed by atoms with Crippen LogP contribution in [-0.4, -0.2) is 11.8 Å². The number of amides is 2. The zero-order valence-corrected chi connectivity index (χ0v) is 7.78. The Labute approximate surface area is 82.1 Å². The van der Waals surface area contributed by atoms with Crippen molar-refractivity contribution in [3.8, 4) is 0 Å². The highest BCUT2D eigenvalue weighted by Crippen LogP contribution is 2.07. The van der Waals surface area contributed by atoms with E-state index in [1.807, 2.05) is 6.07 Å². The quantitative estimate of drug-likeness (QED) is 0.690. The summed E-state index contributed by atoms with van der Waals surface area (Å²) >= 11 is 0. The highest BCUT2D eigenvalue weighted by atomic mass is 16.2. The summed E-state index contributed by atoms with van der Waals surface area (Å²) in [5.74, 6) is -1.18. The van der Waals surface area contributed by atoms with Gasteiger partial charge in [-0.15, -0.1) is 0 Å². The fraction of sp³-hybridized carbons (Fsp3) is 0.100. The predicted octanol–water partition coefficient (Wildman–Crippen LogP) is 0.705. The Morgan fingerprint density at radius 1 is 1.21 bits per heavy atom. The number of para-hydroxylation sites is 1. The molecule has 14 heavy (non-hydrogen) atoms. The van der Waals surface area contributed by atoms with Crippen LogP contribution in [0.4, 0.5) is 5.69 Å². The van der Waals surface area contributed by atoms with Gasteiger partial charge in [-0.25, -0.2) is 0 Å². The van der Waals surface area contributed by atoms with E-state index in [-0.39, 0.29) is 5.92 Å². The van der Waals surface area contributed by atoms with Crippen LogP contribution in [0.1, 0.15) is 6.92 Å². The number of nitrogens with two attached hydrogens (primary N) is 1. The van der Waals surface area contributed by atoms with E-state index in [9.17, 15) is 9.59 Å². The van der Waals surface area contributed by atoms with E-state index in [2.05, 4.69) is 5.32 Å². The van der Waals surface area contributed by atoms with Gasteiger partial charge in [0.05, 0.1) is 0 Å². The van der Waals surface area contributed by atoms with Crippen molar-refractivity contribution in [1.82, 2.24) is 0 Å². The smallest absolute Gasteiger partial charge is 0.241 e. The molecule has 3 N–H and O–H groups in total. The van der Waals surface area contributed by atoms with Crippen molar-refractivity contribution >= 4 is 17.5 Å². The molecule has 0 aliphatic carbocycles. The van der Waals surface area contributed by atoms with Gasteiger partial charge in [-0.05, 0) is 19.1 Å². The molecule has 0 saturated carbocycles. The molecule has 0 atom stereocenters. The third kappa shape index (κ3) is 2.58. The van der Waals surface area contributed by atoms with Crippen LogP contribution in [0.5, 0.6) is 0 Å². The Kier molecular flexibility index (Phi) is 3.23. The van der Waals surface area contributed by atoms with Crippen molar-refractivity contribution in [2.75, 3.05) is 5.32 Å². The van der Waals surface area contributed by atoms with Crippen molar-refractivity contribution in [3.63, 3.8) is 0 Å². The minimum Gasteiger partial charge on any atom is -0.369 e. The minimum atomic E-state index is -0.710. The first-order valence-electron chi connectivity index (χ1n) is 4.11. The lowest BCUT2D eigenvalue weighted by atomic mass is 10.1. The standard InChI is InChI=1S/C10H11N2O2/c1-7(9(11)13)10(14)12-8-5-3-2-4-6-8/h2-6H,1H3,(H2,11,13)(H,12,14). The maximum absolute atomic E-state index is 11.3. The molecular formula is C10H11N2O2. The van der Waals surface area contributed by atoms with Gasteiger partial charge in [0.2, 0.25) is 11.8 Å². The van der Waals surface area contributed by atoms with E-state index in [1.54, 1.807) is 24.3 Å². The number of hydrogen-bond acceptors (Lipinski definition) is 2. The van der Waals surface area contributed by atoms with Crippen molar-refractivity contribution in [2.24, 2.45) is 5.73 Å². The van der Waals surface area contributed by atoms with Gasteiger partial charge in [-0.1, -0.05) is 18.2 Å². The van der Waals surface area contributed by atoms with Gasteiger partial charge in [0, 0.05) is 5.69 Å². The average molecular weight is 191 g/mol. The molecule has 4 heteroatoms. The van der Waals surface area contributed by atoms with Crippen LogP contribution in [-0.2, 0) is 9.59 Å². The Bertz CT molecular complexity index is 335. The third-order valence-corrected chi connectivity index (χ3v) is 1.74. The van der Waals surface area contributed by atoms with Gasteiger partial charge >= 0.3 is 0 Å². The van der Waals surface area contributed by atoms with E-state index in [1.165, 1.54) is 6.92 Å². The molecule has 0 heterocycles. The molecule has 1 aromatic carbocycles. The largest absolute Gasteiger partial charge is 0.369 e. The van der Waals surface area contributed by atoms with Crippen LogP contribution in [0.3, 0.4) is 0 Å². The molecular weight excluding hydrogens is 180 g/mol. The number of carbonyl (C=O) groups is 2. The first-order chi connectivity index (χ1) is 6.61. The molecule has 0 aromatic heterocycles. The Morgan fingerprint density at radius 3 is 2.29 bits per heavy atom. The fourth-order valence-corrected chi connectivity index (χ4v) is 0.858. The normalized spacial score (nSPS) is 9.86. The van der Waals surface area contributed by atoms with Crippen LogP contribution in [0.2, 0.25) is 0 Å². The van der Waals surface area contributed by atoms with Crippen molar-refractivity contribution in [1.29, 1.82) is 0 Å². The molecule has 1 aromatic rings. The lowest BCUT2D eigenvalue weighted by Crippen LogP contribution is -2.30. The molecule has 0 saturated heterocycles. The van der Waals surface area contributed by atoms with Crippen LogP contribution in [0.25, 0.3) is 0 Å². The summed E-state index contributed by atoms with van der Waals surface area (Å²) in [6, 6.07) is 8.86. The molecule has 0 unspecified atom stereocenters. The molecule has 0 bridgehead atoms. The first kappa shape index (κ1) is 10.2. The van der Waals surface area contributed by atoms with Gasteiger partial charge in [0.15, 0.2) is 0 Å². The Balaban J connectivity index is 2.62. The molecule has 1 rings (SSSR count). The molecule has 0 aliphatic heterocycles. The lowest BCUT2D eigenvalue weighted by molar-refractivity contribution is -0.122. The zero-order chi connectivity index (χ0) is 10.6. The second-order valence-corrected chi connectivity index (χ2v) is 2.81. The maximum Gasteiger partial charge on any atom is 0.241 e. The molecule has 0 fully saturated rings. The molecule has 73 valence electrons. The zero-order valence-electron chi connectivity index (χ0n) is 7.78. The average Bonchev–Trinajstić information content (AvgIpc) is 2.18. The van der Waals surface area contributed by atoms with Crippen molar-refractivity contribution in [2.45, 2.75) is 6.92 Å². The fourth-order valence-electron chi connectivity index (χ4n) is 0.858. The Hall–Kier alpha value is -1.84. The molecule has 0 spiro atoms. The van der Waals surface area contributed by atoms with Crippen molar-refractivity contribution in [3.05, 3.63) is 36.2 Å². The minimum absolute atomic E-state index is 0.00569. The second kappa shape index (κ2) is 4.41. The molecule has 4 nitrogen and oxygen atoms in total. The highest BCUT2D eigenvalue weighted by molar-refractivity contribution is 6.18. The molecule has 1 radical (unpaired) electrons. The maximum atomic E-state index is 11.3. The van der Waals surface area contributed by atoms with Crippen LogP contribution >= 0.6 is 0 Å². The van der Waals surface area contributed by atoms with E-state index in [0.29, 0.717) is 5.69 Å². The van der Waals surface area contributed by atoms with Crippen molar-refractivity contribution < 1.29 is 9.59 Å². The lowest BCUT2D eigenvalue weighted by Gasteiger charge is -2.07. The number of anilines is 1. The third-order valence-electron chi connectivity index (χ3n) is 1.74. The number of nitrogens with one attached hydrogen (secondary N) is 1. The van der Waals surface area contributed by atoms with Gasteiger partial charge in [-0.3, -0.25) is 9.59 Å². The second-order valence-electron chi connectivity index (χ2n) is 2.81. The van der Waals surface area contributed by atoms with Crippen LogP contribution in [0.15, 0.2) is 30.3 Å². The highest BCUT2D eigenvalue weighted by Gasteiger charge is 2.19. The topological polar surface area (TPSA) is 72.2 Å². The van der Waals surface area contributed by atoms with Gasteiger partial charge in [0.1, 0.15) is 5.92 Å².